The third-order valence-electron chi connectivity index (χ3n) is 2.27. The molecule has 0 aromatic rings. The fourth-order valence-corrected chi connectivity index (χ4v) is 5.10. The van der Waals surface area contributed by atoms with Crippen LogP contribution in [0.25, 0.3) is 0 Å². The first-order valence-corrected chi connectivity index (χ1v) is 10.2. The molecule has 0 aliphatic carbocycles. The first kappa shape index (κ1) is 21.2. The van der Waals surface area contributed by atoms with Gasteiger partial charge < -0.3 is 0 Å². The van der Waals surface area contributed by atoms with Crippen LogP contribution in [0.1, 0.15) is 0 Å². The Hall–Kier alpha value is 0.223. The maximum atomic E-state index is 5.74. The summed E-state index contributed by atoms with van der Waals surface area (Å²) in [6, 6.07) is 0. The monoisotopic (exact) mass is 374 g/mol. The molecule has 0 fully saturated rings. The fraction of sp³-hybridized carbons (Fsp3) is 1.00. The third-order valence-corrected chi connectivity index (χ3v) is 6.95. The molecule has 0 atom stereocenters. The average molecular weight is 373 g/mol. The van der Waals surface area contributed by atoms with Gasteiger partial charge >= 0.3 is 130 Å². The van der Waals surface area contributed by atoms with Gasteiger partial charge in [0.15, 0.2) is 0 Å². The Morgan fingerprint density at radius 3 is 0.857 bits per heavy atom. The Morgan fingerprint density at radius 1 is 0.429 bits per heavy atom. The van der Waals surface area contributed by atoms with E-state index in [0.717, 1.165) is 0 Å². The summed E-state index contributed by atoms with van der Waals surface area (Å²) in [5, 5.41) is 0. The van der Waals surface area contributed by atoms with Crippen molar-refractivity contribution in [2.24, 2.45) is 0 Å². The Labute approximate surface area is 130 Å². The number of methoxy groups -OCH3 is 4. The van der Waals surface area contributed by atoms with Gasteiger partial charge in [0.1, 0.15) is 0 Å². The van der Waals surface area contributed by atoms with E-state index in [1.807, 2.05) is 0 Å². The van der Waals surface area contributed by atoms with Crippen molar-refractivity contribution in [2.75, 3.05) is 81.3 Å². The van der Waals surface area contributed by atoms with Crippen LogP contribution in [0.15, 0.2) is 0 Å². The molecule has 0 aromatic heterocycles. The van der Waals surface area contributed by atoms with Gasteiger partial charge in [-0.3, -0.25) is 0 Å². The predicted octanol–water partition coefficient (Wildman–Crippen LogP) is 0.0740. The molecule has 0 amide bonds. The van der Waals surface area contributed by atoms with Crippen LogP contribution in [0.2, 0.25) is 0 Å². The van der Waals surface area contributed by atoms with Crippen LogP contribution in [0.5, 0.6) is 0 Å². The van der Waals surface area contributed by atoms with E-state index in [9.17, 15) is 0 Å². The van der Waals surface area contributed by atoms with E-state index >= 15 is 0 Å². The van der Waals surface area contributed by atoms with Crippen molar-refractivity contribution in [3.63, 3.8) is 0 Å². The average Bonchev–Trinajstić information content (AvgIpc) is 2.48. The number of rotatable bonds is 16. The molecule has 0 bridgehead atoms. The van der Waals surface area contributed by atoms with E-state index < -0.39 is 14.6 Å². The minimum absolute atomic E-state index is 0.337. The first-order valence-electron chi connectivity index (χ1n) is 6.76. The Bertz CT molecular complexity index is 174. The van der Waals surface area contributed by atoms with E-state index in [4.69, 9.17) is 34.0 Å². The van der Waals surface area contributed by atoms with Crippen LogP contribution >= 0.6 is 0 Å². The van der Waals surface area contributed by atoms with Crippen LogP contribution in [-0.2, 0) is 34.0 Å². The second kappa shape index (κ2) is 15.1. The molecule has 128 valence electrons. The van der Waals surface area contributed by atoms with E-state index in [-0.39, 0.29) is 0 Å². The normalized spacial score (nSPS) is 12.0. The van der Waals surface area contributed by atoms with Crippen LogP contribution < -0.4 is 0 Å². The van der Waals surface area contributed by atoms with Crippen molar-refractivity contribution in [1.82, 2.24) is 0 Å². The molecule has 9 heteroatoms. The summed E-state index contributed by atoms with van der Waals surface area (Å²) in [5.41, 5.74) is 0. The van der Waals surface area contributed by atoms with Crippen LogP contribution in [0, 0.1) is 0 Å². The SMILES string of the molecule is COCC[O][Ge]([O]CCOC)([O]CCOC)[O]CCOC. The molecule has 0 aliphatic heterocycles. The van der Waals surface area contributed by atoms with Gasteiger partial charge in [-0.2, -0.15) is 0 Å². The summed E-state index contributed by atoms with van der Waals surface area (Å²) in [5.74, 6) is 0. The molecule has 21 heavy (non-hydrogen) atoms. The Balaban J connectivity index is 4.52. The minimum atomic E-state index is -3.84. The molecule has 0 N–H and O–H groups in total. The van der Waals surface area contributed by atoms with E-state index in [0.29, 0.717) is 52.9 Å². The van der Waals surface area contributed by atoms with Gasteiger partial charge in [-0.1, -0.05) is 0 Å². The third kappa shape index (κ3) is 11.4. The van der Waals surface area contributed by atoms with Gasteiger partial charge in [-0.25, -0.2) is 0 Å². The fourth-order valence-electron chi connectivity index (χ4n) is 1.25. The molecule has 0 unspecified atom stereocenters. The van der Waals surface area contributed by atoms with Gasteiger partial charge in [-0.05, 0) is 0 Å². The zero-order valence-electron chi connectivity index (χ0n) is 13.4. The zero-order chi connectivity index (χ0) is 15.8. The van der Waals surface area contributed by atoms with Gasteiger partial charge in [-0.15, -0.1) is 0 Å². The van der Waals surface area contributed by atoms with Crippen LogP contribution in [-0.4, -0.2) is 95.9 Å². The first-order chi connectivity index (χ1) is 10.2. The molecule has 0 aromatic carbocycles. The molecule has 0 radical (unpaired) electrons. The Kier molecular flexibility index (Phi) is 15.3. The summed E-state index contributed by atoms with van der Waals surface area (Å²) in [4.78, 5) is 0. The quantitative estimate of drug-likeness (QED) is 0.278. The van der Waals surface area contributed by atoms with Crippen molar-refractivity contribution in [3.8, 4) is 0 Å². The van der Waals surface area contributed by atoms with Crippen molar-refractivity contribution in [1.29, 1.82) is 0 Å². The van der Waals surface area contributed by atoms with Crippen LogP contribution in [0.3, 0.4) is 0 Å². The molecule has 0 heterocycles. The van der Waals surface area contributed by atoms with Crippen LogP contribution in [0.4, 0.5) is 0 Å². The number of hydrogen-bond donors (Lipinski definition) is 0. The molecule has 8 nitrogen and oxygen atoms in total. The summed E-state index contributed by atoms with van der Waals surface area (Å²) in [6.45, 7) is 3.08. The molecule has 0 spiro atoms. The van der Waals surface area contributed by atoms with Crippen molar-refractivity contribution < 1.29 is 34.0 Å². The van der Waals surface area contributed by atoms with E-state index in [2.05, 4.69) is 0 Å². The van der Waals surface area contributed by atoms with E-state index in [1.54, 1.807) is 28.4 Å². The number of hydrogen-bond acceptors (Lipinski definition) is 8. The van der Waals surface area contributed by atoms with Gasteiger partial charge in [0.25, 0.3) is 0 Å². The van der Waals surface area contributed by atoms with Crippen molar-refractivity contribution in [2.45, 2.75) is 0 Å². The topological polar surface area (TPSA) is 73.8 Å². The van der Waals surface area contributed by atoms with Gasteiger partial charge in [0, 0.05) is 0 Å². The van der Waals surface area contributed by atoms with E-state index in [1.165, 1.54) is 0 Å². The standard InChI is InChI=1S/C12H28GeO8/c1-14-5-9-18-13(19-10-6-15-2,20-11-7-16-3)21-12-8-17-4/h5-12H2,1-4H3. The molecule has 0 aliphatic rings. The molecule has 0 saturated heterocycles. The van der Waals surface area contributed by atoms with Gasteiger partial charge in [0.2, 0.25) is 0 Å². The van der Waals surface area contributed by atoms with Crippen molar-refractivity contribution >= 4 is 14.6 Å². The second-order valence-corrected chi connectivity index (χ2v) is 8.39. The summed E-state index contributed by atoms with van der Waals surface area (Å²) in [6.07, 6.45) is 0. The predicted molar refractivity (Wildman–Crippen MR) is 77.1 cm³/mol. The molecular weight excluding hydrogens is 345 g/mol. The molecule has 0 saturated carbocycles. The molecular formula is C12H28GeO8. The maximum absolute atomic E-state index is 5.74. The summed E-state index contributed by atoms with van der Waals surface area (Å²) < 4.78 is 42.9. The summed E-state index contributed by atoms with van der Waals surface area (Å²) in [7, 11) is 6.39. The van der Waals surface area contributed by atoms with Gasteiger partial charge in [0.05, 0.1) is 0 Å². The Morgan fingerprint density at radius 2 is 0.667 bits per heavy atom. The molecule has 0 rings (SSSR count). The van der Waals surface area contributed by atoms with Crippen molar-refractivity contribution in [3.05, 3.63) is 0 Å². The zero-order valence-corrected chi connectivity index (χ0v) is 15.5. The summed E-state index contributed by atoms with van der Waals surface area (Å²) >= 11 is -3.84. The second-order valence-electron chi connectivity index (χ2n) is 3.87. The number of ether oxygens (including phenoxy) is 4.